The Bertz CT molecular complexity index is 1270. The predicted molar refractivity (Wildman–Crippen MR) is 129 cm³/mol. The molecule has 1 heterocycles. The van der Waals surface area contributed by atoms with Crippen LogP contribution in [-0.2, 0) is 0 Å². The molecule has 148 valence electrons. The van der Waals surface area contributed by atoms with E-state index in [0.29, 0.717) is 26.3 Å². The molecule has 0 aliphatic rings. The third kappa shape index (κ3) is 4.17. The van der Waals surface area contributed by atoms with Crippen LogP contribution < -0.4 is 9.88 Å². The van der Waals surface area contributed by atoms with E-state index in [1.807, 2.05) is 73.1 Å². The number of benzene rings is 3. The molecule has 0 aliphatic carbocycles. The summed E-state index contributed by atoms with van der Waals surface area (Å²) in [6, 6.07) is 24.6. The summed E-state index contributed by atoms with van der Waals surface area (Å²) < 4.78 is 1.76. The lowest BCUT2D eigenvalue weighted by Gasteiger charge is -2.12. The monoisotopic (exact) mass is 451 g/mol. The summed E-state index contributed by atoms with van der Waals surface area (Å²) in [5.41, 5.74) is 1.80. The van der Waals surface area contributed by atoms with Gasteiger partial charge >= 0.3 is 0 Å². The number of pyridine rings is 1. The Morgan fingerprint density at radius 3 is 2.33 bits per heavy atom. The largest absolute Gasteiger partial charge is 0.502 e. The first-order valence-electron chi connectivity index (χ1n) is 9.19. The van der Waals surface area contributed by atoms with Crippen molar-refractivity contribution in [2.45, 2.75) is 0 Å². The van der Waals surface area contributed by atoms with E-state index in [-0.39, 0.29) is 5.76 Å². The van der Waals surface area contributed by atoms with Crippen molar-refractivity contribution in [3.8, 4) is 0 Å². The zero-order valence-electron chi connectivity index (χ0n) is 15.7. The first-order chi connectivity index (χ1) is 14.5. The van der Waals surface area contributed by atoms with E-state index < -0.39 is 0 Å². The van der Waals surface area contributed by atoms with Crippen LogP contribution in [0, 0.1) is 0 Å². The quantitative estimate of drug-likeness (QED) is 0.156. The number of nitrogens with zero attached hydrogens (tertiary/aromatic N) is 1. The molecule has 0 aliphatic heterocycles. The van der Waals surface area contributed by atoms with Crippen molar-refractivity contribution in [1.82, 2.24) is 0 Å². The molecule has 0 atom stereocenters. The van der Waals surface area contributed by atoms with E-state index in [1.54, 1.807) is 22.8 Å². The molecule has 4 rings (SSSR count). The van der Waals surface area contributed by atoms with Crippen LogP contribution >= 0.6 is 35.4 Å². The zero-order chi connectivity index (χ0) is 21.1. The van der Waals surface area contributed by atoms with E-state index in [0.717, 1.165) is 16.5 Å². The molecule has 0 spiro atoms. The van der Waals surface area contributed by atoms with E-state index in [9.17, 15) is 5.11 Å². The summed E-state index contributed by atoms with van der Waals surface area (Å²) >= 11 is 17.9. The Morgan fingerprint density at radius 2 is 1.57 bits per heavy atom. The van der Waals surface area contributed by atoms with Gasteiger partial charge in [0.2, 0.25) is 0 Å². The second-order valence-corrected chi connectivity index (χ2v) is 7.81. The number of nitrogens with one attached hydrogen (secondary N) is 1. The average molecular weight is 452 g/mol. The van der Waals surface area contributed by atoms with Crippen molar-refractivity contribution in [2.75, 3.05) is 5.32 Å². The van der Waals surface area contributed by atoms with Crippen molar-refractivity contribution in [1.29, 1.82) is 0 Å². The van der Waals surface area contributed by atoms with Crippen LogP contribution in [-0.4, -0.2) is 10.1 Å². The molecule has 0 amide bonds. The van der Waals surface area contributed by atoms with Crippen molar-refractivity contribution in [2.24, 2.45) is 0 Å². The molecule has 6 heteroatoms. The lowest BCUT2D eigenvalue weighted by Crippen LogP contribution is -2.38. The molecule has 2 N–H and O–H groups in total. The van der Waals surface area contributed by atoms with Crippen LogP contribution in [0.25, 0.3) is 22.2 Å². The second kappa shape index (κ2) is 8.84. The van der Waals surface area contributed by atoms with Gasteiger partial charge < -0.3 is 10.4 Å². The summed E-state index contributed by atoms with van der Waals surface area (Å²) in [6.45, 7) is 0. The normalized spacial score (nSPS) is 11.8. The Kier molecular flexibility index (Phi) is 6.00. The SMILES string of the molecule is O/C(=C(\C(=S)Nc1cccc2ccccc12)[n+]1ccccc1)c1ccc(Cl)c(Cl)c1. The first kappa shape index (κ1) is 20.4. The van der Waals surface area contributed by atoms with Gasteiger partial charge in [0, 0.05) is 28.8 Å². The highest BCUT2D eigenvalue weighted by molar-refractivity contribution is 7.81. The van der Waals surface area contributed by atoms with Crippen LogP contribution in [0.3, 0.4) is 0 Å². The third-order valence-corrected chi connectivity index (χ3v) is 5.68. The van der Waals surface area contributed by atoms with Gasteiger partial charge in [-0.15, -0.1) is 0 Å². The van der Waals surface area contributed by atoms with Gasteiger partial charge in [-0.3, -0.25) is 0 Å². The summed E-state index contributed by atoms with van der Waals surface area (Å²) in [5.74, 6) is -0.0116. The Morgan fingerprint density at radius 1 is 0.833 bits per heavy atom. The summed E-state index contributed by atoms with van der Waals surface area (Å²) in [6.07, 6.45) is 3.64. The highest BCUT2D eigenvalue weighted by Gasteiger charge is 2.24. The Balaban J connectivity index is 1.82. The van der Waals surface area contributed by atoms with E-state index >= 15 is 0 Å². The zero-order valence-corrected chi connectivity index (χ0v) is 18.0. The van der Waals surface area contributed by atoms with Gasteiger partial charge in [0.05, 0.1) is 10.0 Å². The summed E-state index contributed by atoms with van der Waals surface area (Å²) in [5, 5.41) is 17.3. The molecule has 3 aromatic carbocycles. The van der Waals surface area contributed by atoms with E-state index in [2.05, 4.69) is 5.32 Å². The predicted octanol–water partition coefficient (Wildman–Crippen LogP) is 6.76. The lowest BCUT2D eigenvalue weighted by atomic mass is 10.1. The average Bonchev–Trinajstić information content (AvgIpc) is 2.77. The van der Waals surface area contributed by atoms with E-state index in [4.69, 9.17) is 35.4 Å². The molecule has 0 radical (unpaired) electrons. The van der Waals surface area contributed by atoms with Gasteiger partial charge in [-0.25, -0.2) is 0 Å². The minimum atomic E-state index is -0.0116. The molecule has 30 heavy (non-hydrogen) atoms. The fraction of sp³-hybridized carbons (Fsp3) is 0. The number of anilines is 1. The van der Waals surface area contributed by atoms with Crippen LogP contribution in [0.2, 0.25) is 10.0 Å². The van der Waals surface area contributed by atoms with Gasteiger partial charge in [-0.2, -0.15) is 4.57 Å². The van der Waals surface area contributed by atoms with Gasteiger partial charge in [-0.1, -0.05) is 77.9 Å². The van der Waals surface area contributed by atoms with Gasteiger partial charge in [0.1, 0.15) is 0 Å². The summed E-state index contributed by atoms with van der Waals surface area (Å²) in [4.78, 5) is 0.367. The second-order valence-electron chi connectivity index (χ2n) is 6.59. The van der Waals surface area contributed by atoms with Crippen LogP contribution in [0.4, 0.5) is 5.69 Å². The smallest absolute Gasteiger partial charge is 0.288 e. The highest BCUT2D eigenvalue weighted by Crippen LogP contribution is 2.28. The number of hydrogen-bond acceptors (Lipinski definition) is 2. The number of rotatable bonds is 4. The molecule has 0 bridgehead atoms. The topological polar surface area (TPSA) is 36.1 Å². The number of aromatic nitrogens is 1. The molecule has 3 nitrogen and oxygen atoms in total. The fourth-order valence-corrected chi connectivity index (χ4v) is 3.80. The molecule has 0 unspecified atom stereocenters. The van der Waals surface area contributed by atoms with Crippen molar-refractivity contribution >= 4 is 68.3 Å². The van der Waals surface area contributed by atoms with Gasteiger partial charge in [-0.05, 0) is 29.7 Å². The maximum atomic E-state index is 11.1. The Labute approximate surface area is 189 Å². The summed E-state index contributed by atoms with van der Waals surface area (Å²) in [7, 11) is 0. The molecule has 0 fully saturated rings. The molecule has 0 saturated carbocycles. The van der Waals surface area contributed by atoms with Crippen molar-refractivity contribution < 1.29 is 9.67 Å². The first-order valence-corrected chi connectivity index (χ1v) is 10.4. The highest BCUT2D eigenvalue weighted by atomic mass is 35.5. The van der Waals surface area contributed by atoms with Gasteiger partial charge in [0.25, 0.3) is 5.70 Å². The van der Waals surface area contributed by atoms with Crippen LogP contribution in [0.1, 0.15) is 5.56 Å². The van der Waals surface area contributed by atoms with Crippen molar-refractivity contribution in [3.63, 3.8) is 0 Å². The number of aliphatic hydroxyl groups excluding tert-OH is 1. The van der Waals surface area contributed by atoms with Crippen LogP contribution in [0.5, 0.6) is 0 Å². The number of fused-ring (bicyclic) bond motifs is 1. The Hall–Kier alpha value is -2.92. The standard InChI is InChI=1S/C24H16Cl2N2OS/c25-19-12-11-17(15-20(19)26)23(29)22(28-13-4-1-5-14-28)24(30)27-21-10-6-8-16-7-2-3-9-18(16)21/h1-15H,(H-,27,29,30)/p+1. The van der Waals surface area contributed by atoms with Crippen LogP contribution in [0.15, 0.2) is 91.3 Å². The number of hydrogen-bond donors (Lipinski definition) is 2. The third-order valence-electron chi connectivity index (χ3n) is 4.64. The minimum absolute atomic E-state index is 0.0116. The maximum absolute atomic E-state index is 11.1. The number of thiocarbonyl (C=S) groups is 1. The van der Waals surface area contributed by atoms with Gasteiger partial charge in [0.15, 0.2) is 23.1 Å². The lowest BCUT2D eigenvalue weighted by molar-refractivity contribution is -0.575. The van der Waals surface area contributed by atoms with Crippen molar-refractivity contribution in [3.05, 3.63) is 107 Å². The number of aliphatic hydroxyl groups is 1. The minimum Gasteiger partial charge on any atom is -0.502 e. The van der Waals surface area contributed by atoms with E-state index in [1.165, 1.54) is 0 Å². The molecular formula is C24H17Cl2N2OS+. The molecule has 0 saturated heterocycles. The molecular weight excluding hydrogens is 435 g/mol. The number of halogens is 2. The fourth-order valence-electron chi connectivity index (χ4n) is 3.19. The molecule has 1 aromatic heterocycles. The molecule has 4 aromatic rings. The maximum Gasteiger partial charge on any atom is 0.288 e.